The van der Waals surface area contributed by atoms with Crippen molar-refractivity contribution in [1.82, 2.24) is 9.55 Å². The predicted octanol–water partition coefficient (Wildman–Crippen LogP) is 1.24. The average Bonchev–Trinajstić information content (AvgIpc) is 2.75. The zero-order valence-electron chi connectivity index (χ0n) is 17.9. The summed E-state index contributed by atoms with van der Waals surface area (Å²) in [6, 6.07) is 8.30. The van der Waals surface area contributed by atoms with E-state index in [0.29, 0.717) is 24.3 Å². The van der Waals surface area contributed by atoms with Gasteiger partial charge in [0, 0.05) is 20.2 Å². The summed E-state index contributed by atoms with van der Waals surface area (Å²) in [5.41, 5.74) is 5.12. The van der Waals surface area contributed by atoms with Gasteiger partial charge in [0.05, 0.1) is 18.2 Å². The lowest BCUT2D eigenvalue weighted by Crippen LogP contribution is -2.47. The second-order valence-corrected chi connectivity index (χ2v) is 6.88. The first-order valence-electron chi connectivity index (χ1n) is 9.93. The number of anilines is 2. The molecule has 0 fully saturated rings. The number of unbranched alkanes of at least 4 members (excludes halogenated alkanes) is 1. The lowest BCUT2D eigenvalue weighted by Gasteiger charge is -2.27. The van der Waals surface area contributed by atoms with Crippen molar-refractivity contribution < 1.29 is 14.3 Å². The maximum absolute atomic E-state index is 13.2. The smallest absolute Gasteiger partial charge is 0.330 e. The van der Waals surface area contributed by atoms with Crippen molar-refractivity contribution in [3.63, 3.8) is 0 Å². The first-order chi connectivity index (χ1) is 14.8. The number of nitriles is 1. The average molecular weight is 429 g/mol. The molecule has 0 radical (unpaired) electrons. The molecule has 166 valence electrons. The normalized spacial score (nSPS) is 11.5. The van der Waals surface area contributed by atoms with Crippen molar-refractivity contribution in [3.05, 3.63) is 50.7 Å². The van der Waals surface area contributed by atoms with Gasteiger partial charge in [-0.2, -0.15) is 5.26 Å². The monoisotopic (exact) mass is 429 g/mol. The Morgan fingerprint density at radius 1 is 1.32 bits per heavy atom. The van der Waals surface area contributed by atoms with Crippen molar-refractivity contribution in [1.29, 1.82) is 5.26 Å². The molecule has 2 rings (SSSR count). The molecule has 0 saturated carbocycles. The van der Waals surface area contributed by atoms with Crippen LogP contribution in [0.4, 0.5) is 11.5 Å². The minimum absolute atomic E-state index is 0.0374. The predicted molar refractivity (Wildman–Crippen MR) is 116 cm³/mol. The molecule has 0 aliphatic rings. The van der Waals surface area contributed by atoms with Crippen LogP contribution in [0.1, 0.15) is 32.3 Å². The minimum Gasteiger partial charge on any atom is -0.481 e. The topological polar surface area (TPSA) is 143 Å². The van der Waals surface area contributed by atoms with Crippen LogP contribution < -0.4 is 26.6 Å². The van der Waals surface area contributed by atoms with Crippen LogP contribution in [-0.2, 0) is 16.1 Å². The highest BCUT2D eigenvalue weighted by molar-refractivity contribution is 5.98. The van der Waals surface area contributed by atoms with E-state index >= 15 is 0 Å². The number of methoxy groups -OCH3 is 1. The number of benzene rings is 1. The van der Waals surface area contributed by atoms with Gasteiger partial charge >= 0.3 is 5.69 Å². The van der Waals surface area contributed by atoms with Gasteiger partial charge < -0.3 is 15.2 Å². The highest BCUT2D eigenvalue weighted by atomic mass is 16.5. The summed E-state index contributed by atoms with van der Waals surface area (Å²) in [7, 11) is 1.47. The Morgan fingerprint density at radius 3 is 2.58 bits per heavy atom. The summed E-state index contributed by atoms with van der Waals surface area (Å²) in [4.78, 5) is 41.4. The van der Waals surface area contributed by atoms with Gasteiger partial charge in [-0.15, -0.1) is 0 Å². The van der Waals surface area contributed by atoms with E-state index in [1.165, 1.54) is 23.5 Å². The molecule has 10 nitrogen and oxygen atoms in total. The fourth-order valence-corrected chi connectivity index (χ4v) is 2.97. The molecule has 1 aromatic carbocycles. The van der Waals surface area contributed by atoms with E-state index in [1.54, 1.807) is 24.3 Å². The van der Waals surface area contributed by atoms with Gasteiger partial charge in [-0.05, 0) is 37.6 Å². The van der Waals surface area contributed by atoms with Crippen LogP contribution in [-0.4, -0.2) is 41.8 Å². The number of nitrogens with one attached hydrogen (secondary N) is 1. The first kappa shape index (κ1) is 23.7. The third kappa shape index (κ3) is 5.73. The highest BCUT2D eigenvalue weighted by Gasteiger charge is 2.28. The Hall–Kier alpha value is -3.58. The molecule has 1 heterocycles. The molecule has 0 saturated heterocycles. The molecule has 2 aromatic rings. The molecule has 0 bridgehead atoms. The lowest BCUT2D eigenvalue weighted by atomic mass is 10.2. The largest absolute Gasteiger partial charge is 0.481 e. The van der Waals surface area contributed by atoms with Crippen molar-refractivity contribution in [2.24, 2.45) is 0 Å². The number of nitrogen functional groups attached to an aromatic ring is 1. The van der Waals surface area contributed by atoms with Crippen molar-refractivity contribution >= 4 is 17.4 Å². The van der Waals surface area contributed by atoms with Crippen LogP contribution in [0.25, 0.3) is 0 Å². The lowest BCUT2D eigenvalue weighted by molar-refractivity contribution is -0.124. The number of hydrogen-bond acceptors (Lipinski definition) is 7. The highest BCUT2D eigenvalue weighted by Crippen LogP contribution is 2.20. The van der Waals surface area contributed by atoms with E-state index in [4.69, 9.17) is 20.5 Å². The van der Waals surface area contributed by atoms with Crippen molar-refractivity contribution in [2.75, 3.05) is 30.9 Å². The zero-order chi connectivity index (χ0) is 23.0. The Morgan fingerprint density at radius 2 is 2.00 bits per heavy atom. The fourth-order valence-electron chi connectivity index (χ4n) is 2.97. The minimum atomic E-state index is -0.973. The number of ether oxygens (including phenoxy) is 2. The molecule has 1 unspecified atom stereocenters. The van der Waals surface area contributed by atoms with Crippen molar-refractivity contribution in [2.45, 2.75) is 39.3 Å². The van der Waals surface area contributed by atoms with E-state index in [0.717, 1.165) is 6.42 Å². The summed E-state index contributed by atoms with van der Waals surface area (Å²) >= 11 is 0. The molecule has 0 aliphatic heterocycles. The summed E-state index contributed by atoms with van der Waals surface area (Å²) in [6.45, 7) is 3.99. The number of aromatic amines is 1. The Kier molecular flexibility index (Phi) is 8.40. The summed E-state index contributed by atoms with van der Waals surface area (Å²) in [6.07, 6.45) is 0.529. The third-order valence-corrected chi connectivity index (χ3v) is 4.65. The quantitative estimate of drug-likeness (QED) is 0.578. The molecular formula is C21H27N5O5. The van der Waals surface area contributed by atoms with Crippen LogP contribution >= 0.6 is 0 Å². The SMILES string of the molecule is CCCCn1c(N)c(N(CCOC)C(=O)C(C)Oc2ccc(C#N)cc2)c(=O)[nH]c1=O. The van der Waals surface area contributed by atoms with E-state index in [9.17, 15) is 14.4 Å². The van der Waals surface area contributed by atoms with Crippen LogP contribution in [0.15, 0.2) is 33.9 Å². The molecule has 1 amide bonds. The second kappa shape index (κ2) is 11.0. The molecule has 10 heteroatoms. The molecular weight excluding hydrogens is 402 g/mol. The van der Waals surface area contributed by atoms with E-state index < -0.39 is 23.3 Å². The molecule has 1 atom stereocenters. The number of carbonyl (C=O) groups excluding carboxylic acids is 1. The Labute approximate surface area is 179 Å². The van der Waals surface area contributed by atoms with Gasteiger partial charge in [0.1, 0.15) is 11.6 Å². The van der Waals surface area contributed by atoms with E-state index in [2.05, 4.69) is 4.98 Å². The van der Waals surface area contributed by atoms with Crippen LogP contribution in [0.3, 0.4) is 0 Å². The number of rotatable bonds is 10. The van der Waals surface area contributed by atoms with E-state index in [1.807, 2.05) is 13.0 Å². The maximum atomic E-state index is 13.2. The molecule has 0 spiro atoms. The molecule has 1 aromatic heterocycles. The van der Waals surface area contributed by atoms with Gasteiger partial charge in [-0.3, -0.25) is 24.0 Å². The third-order valence-electron chi connectivity index (χ3n) is 4.65. The van der Waals surface area contributed by atoms with Crippen LogP contribution in [0.2, 0.25) is 0 Å². The number of H-pyrrole nitrogens is 1. The summed E-state index contributed by atoms with van der Waals surface area (Å²) < 4.78 is 12.0. The molecule has 3 N–H and O–H groups in total. The number of carbonyl (C=O) groups is 1. The van der Waals surface area contributed by atoms with Crippen molar-refractivity contribution in [3.8, 4) is 11.8 Å². The standard InChI is InChI=1S/C21H27N5O5/c1-4-5-10-26-18(23)17(19(27)24-21(26)29)25(11-12-30-3)20(28)14(2)31-16-8-6-15(13-22)7-9-16/h6-9,14H,4-5,10-12,23H2,1-3H3,(H,24,27,29). The van der Waals surface area contributed by atoms with Crippen LogP contribution in [0.5, 0.6) is 5.75 Å². The van der Waals surface area contributed by atoms with Gasteiger partial charge in [-0.25, -0.2) is 4.79 Å². The Balaban J connectivity index is 2.39. The maximum Gasteiger partial charge on any atom is 0.330 e. The number of amides is 1. The number of nitrogens with zero attached hydrogens (tertiary/aromatic N) is 3. The molecule has 0 aliphatic carbocycles. The van der Waals surface area contributed by atoms with Gasteiger partial charge in [0.2, 0.25) is 0 Å². The first-order valence-corrected chi connectivity index (χ1v) is 9.93. The van der Waals surface area contributed by atoms with Gasteiger partial charge in [0.15, 0.2) is 11.8 Å². The van der Waals surface area contributed by atoms with E-state index in [-0.39, 0.29) is 24.7 Å². The summed E-state index contributed by atoms with van der Waals surface area (Å²) in [5, 5.41) is 8.90. The Bertz CT molecular complexity index is 1050. The number of aromatic nitrogens is 2. The van der Waals surface area contributed by atoms with Crippen LogP contribution in [0, 0.1) is 11.3 Å². The second-order valence-electron chi connectivity index (χ2n) is 6.88. The number of hydrogen-bond donors (Lipinski definition) is 2. The number of nitrogens with two attached hydrogens (primary N) is 1. The summed E-state index contributed by atoms with van der Waals surface area (Å²) in [5.74, 6) is -0.224. The fraction of sp³-hybridized carbons (Fsp3) is 0.429. The zero-order valence-corrected chi connectivity index (χ0v) is 17.9. The van der Waals surface area contributed by atoms with Gasteiger partial charge in [-0.1, -0.05) is 13.3 Å². The van der Waals surface area contributed by atoms with Gasteiger partial charge in [0.25, 0.3) is 11.5 Å². The molecule has 31 heavy (non-hydrogen) atoms.